The number of aromatic nitrogens is 2. The van der Waals surface area contributed by atoms with Crippen LogP contribution in [-0.2, 0) is 24.3 Å². The van der Waals surface area contributed by atoms with E-state index in [2.05, 4.69) is 39.1 Å². The predicted molar refractivity (Wildman–Crippen MR) is 118 cm³/mol. The van der Waals surface area contributed by atoms with Crippen LogP contribution < -0.4 is 11.1 Å². The normalized spacial score (nSPS) is 15.2. The van der Waals surface area contributed by atoms with Gasteiger partial charge in [-0.1, -0.05) is 49.6 Å². The number of halogens is 2. The van der Waals surface area contributed by atoms with Crippen molar-refractivity contribution in [3.05, 3.63) is 54.1 Å². The van der Waals surface area contributed by atoms with Crippen LogP contribution in [0.4, 0.5) is 0 Å². The fraction of sp³-hybridized carbons (Fsp3) is 0.524. The number of imidazole rings is 1. The highest BCUT2D eigenvalue weighted by molar-refractivity contribution is 5.85. The van der Waals surface area contributed by atoms with Crippen LogP contribution in [0.3, 0.4) is 0 Å². The molecule has 1 saturated carbocycles. The van der Waals surface area contributed by atoms with Gasteiger partial charge >= 0.3 is 0 Å². The van der Waals surface area contributed by atoms with E-state index in [9.17, 15) is 4.79 Å². The molecular weight excluding hydrogens is 395 g/mol. The van der Waals surface area contributed by atoms with Crippen molar-refractivity contribution in [3.63, 3.8) is 0 Å². The van der Waals surface area contributed by atoms with Crippen LogP contribution in [0.25, 0.3) is 0 Å². The maximum Gasteiger partial charge on any atom is 0.220 e. The highest BCUT2D eigenvalue weighted by atomic mass is 35.5. The molecule has 3 N–H and O–H groups in total. The number of carbonyl (C=O) groups excluding carboxylic acids is 1. The molecule has 1 aromatic carbocycles. The molecular formula is C21H32Cl2N4O. The summed E-state index contributed by atoms with van der Waals surface area (Å²) in [5, 5.41) is 3.05. The van der Waals surface area contributed by atoms with Crippen LogP contribution in [-0.4, -0.2) is 22.0 Å². The number of carbonyl (C=O) groups is 1. The second-order valence-electron chi connectivity index (χ2n) is 7.49. The van der Waals surface area contributed by atoms with Crippen molar-refractivity contribution in [2.75, 3.05) is 6.54 Å². The van der Waals surface area contributed by atoms with Crippen molar-refractivity contribution >= 4 is 30.7 Å². The quantitative estimate of drug-likeness (QED) is 0.672. The average Bonchev–Trinajstić information content (AvgIpc) is 3.14. The minimum atomic E-state index is 0. The summed E-state index contributed by atoms with van der Waals surface area (Å²) in [6.45, 7) is 1.94. The third-order valence-corrected chi connectivity index (χ3v) is 5.61. The lowest BCUT2D eigenvalue weighted by Gasteiger charge is -2.35. The Bertz CT molecular complexity index is 699. The summed E-state index contributed by atoms with van der Waals surface area (Å²) in [6.07, 6.45) is 11.1. The zero-order chi connectivity index (χ0) is 18.2. The number of amides is 1. The third kappa shape index (κ3) is 6.80. The second-order valence-corrected chi connectivity index (χ2v) is 7.49. The van der Waals surface area contributed by atoms with E-state index < -0.39 is 0 Å². The number of hydrogen-bond donors (Lipinski definition) is 2. The Hall–Kier alpha value is -1.56. The summed E-state index contributed by atoms with van der Waals surface area (Å²) in [4.78, 5) is 16.9. The molecule has 28 heavy (non-hydrogen) atoms. The molecule has 1 amide bonds. The lowest BCUT2D eigenvalue weighted by Crippen LogP contribution is -2.38. The van der Waals surface area contributed by atoms with Gasteiger partial charge in [-0.3, -0.25) is 4.79 Å². The van der Waals surface area contributed by atoms with Crippen molar-refractivity contribution < 1.29 is 4.79 Å². The lowest BCUT2D eigenvalue weighted by atomic mass is 9.71. The first kappa shape index (κ1) is 24.5. The van der Waals surface area contributed by atoms with Gasteiger partial charge in [-0.2, -0.15) is 0 Å². The van der Waals surface area contributed by atoms with E-state index in [4.69, 9.17) is 5.73 Å². The average molecular weight is 427 g/mol. The number of nitrogens with zero attached hydrogens (tertiary/aromatic N) is 2. The highest BCUT2D eigenvalue weighted by Crippen LogP contribution is 2.38. The Morgan fingerprint density at radius 3 is 2.54 bits per heavy atom. The monoisotopic (exact) mass is 426 g/mol. The number of nitrogens with one attached hydrogen (secondary N) is 1. The molecule has 0 aliphatic heterocycles. The Morgan fingerprint density at radius 1 is 1.14 bits per heavy atom. The molecule has 1 aliphatic rings. The summed E-state index contributed by atoms with van der Waals surface area (Å²) in [5.74, 6) is 0.995. The van der Waals surface area contributed by atoms with Gasteiger partial charge in [-0.05, 0) is 36.8 Å². The topological polar surface area (TPSA) is 72.9 Å². The molecule has 0 unspecified atom stereocenters. The van der Waals surface area contributed by atoms with Gasteiger partial charge in [0.2, 0.25) is 5.91 Å². The van der Waals surface area contributed by atoms with Crippen molar-refractivity contribution in [2.45, 2.75) is 58.0 Å². The van der Waals surface area contributed by atoms with Gasteiger partial charge in [0.25, 0.3) is 0 Å². The van der Waals surface area contributed by atoms with E-state index in [0.717, 1.165) is 31.6 Å². The molecule has 1 aliphatic carbocycles. The number of hydrogen-bond acceptors (Lipinski definition) is 3. The molecule has 7 heteroatoms. The Morgan fingerprint density at radius 2 is 1.86 bits per heavy atom. The maximum atomic E-state index is 12.5. The van der Waals surface area contributed by atoms with Crippen molar-refractivity contribution in [1.29, 1.82) is 0 Å². The number of aryl methyl sites for hydroxylation is 2. The first-order valence-corrected chi connectivity index (χ1v) is 9.71. The van der Waals surface area contributed by atoms with Gasteiger partial charge in [0.1, 0.15) is 5.82 Å². The molecule has 0 radical (unpaired) electrons. The summed E-state index contributed by atoms with van der Waals surface area (Å²) in [5.41, 5.74) is 7.31. The first-order chi connectivity index (χ1) is 12.7. The molecule has 1 heterocycles. The van der Waals surface area contributed by atoms with Crippen molar-refractivity contribution in [3.8, 4) is 0 Å². The van der Waals surface area contributed by atoms with E-state index in [1.165, 1.54) is 24.8 Å². The minimum Gasteiger partial charge on any atom is -0.349 e. The van der Waals surface area contributed by atoms with Crippen LogP contribution in [0.15, 0.2) is 42.7 Å². The van der Waals surface area contributed by atoms with E-state index in [1.54, 1.807) is 6.20 Å². The van der Waals surface area contributed by atoms with E-state index in [1.807, 2.05) is 12.3 Å². The van der Waals surface area contributed by atoms with Gasteiger partial charge in [0.05, 0.1) is 6.54 Å². The molecule has 0 spiro atoms. The summed E-state index contributed by atoms with van der Waals surface area (Å²) in [7, 11) is 0. The number of benzene rings is 1. The predicted octanol–water partition coefficient (Wildman–Crippen LogP) is 3.88. The summed E-state index contributed by atoms with van der Waals surface area (Å²) in [6, 6.07) is 10.4. The van der Waals surface area contributed by atoms with Gasteiger partial charge in [0, 0.05) is 25.4 Å². The van der Waals surface area contributed by atoms with Crippen LogP contribution >= 0.6 is 24.8 Å². The second kappa shape index (κ2) is 12.1. The van der Waals surface area contributed by atoms with Gasteiger partial charge in [-0.25, -0.2) is 4.98 Å². The summed E-state index contributed by atoms with van der Waals surface area (Å²) < 4.78 is 2.12. The number of nitrogens with two attached hydrogens (primary N) is 1. The van der Waals surface area contributed by atoms with Crippen LogP contribution in [0.5, 0.6) is 0 Å². The molecule has 0 saturated heterocycles. The van der Waals surface area contributed by atoms with Crippen molar-refractivity contribution in [2.24, 2.45) is 11.1 Å². The molecule has 3 rings (SSSR count). The zero-order valence-corrected chi connectivity index (χ0v) is 17.9. The molecule has 1 fully saturated rings. The zero-order valence-electron chi connectivity index (χ0n) is 16.3. The fourth-order valence-corrected chi connectivity index (χ4v) is 3.94. The van der Waals surface area contributed by atoms with Gasteiger partial charge in [-0.15, -0.1) is 24.8 Å². The molecule has 0 bridgehead atoms. The third-order valence-electron chi connectivity index (χ3n) is 5.61. The molecule has 5 nitrogen and oxygen atoms in total. The molecule has 2 aromatic rings. The Labute approximate surface area is 180 Å². The molecule has 0 atom stereocenters. The molecule has 1 aromatic heterocycles. The largest absolute Gasteiger partial charge is 0.349 e. The van der Waals surface area contributed by atoms with Crippen LogP contribution in [0, 0.1) is 5.41 Å². The Kier molecular flexibility index (Phi) is 10.6. The van der Waals surface area contributed by atoms with Gasteiger partial charge < -0.3 is 15.6 Å². The summed E-state index contributed by atoms with van der Waals surface area (Å²) >= 11 is 0. The van der Waals surface area contributed by atoms with Gasteiger partial charge in [0.15, 0.2) is 0 Å². The van der Waals surface area contributed by atoms with E-state index in [-0.39, 0.29) is 36.1 Å². The van der Waals surface area contributed by atoms with Crippen LogP contribution in [0.2, 0.25) is 0 Å². The molecule has 156 valence electrons. The van der Waals surface area contributed by atoms with Crippen molar-refractivity contribution in [1.82, 2.24) is 14.9 Å². The Balaban J connectivity index is 0.00000196. The van der Waals surface area contributed by atoms with E-state index in [0.29, 0.717) is 19.5 Å². The minimum absolute atomic E-state index is 0. The maximum absolute atomic E-state index is 12.5. The lowest BCUT2D eigenvalue weighted by molar-refractivity contribution is -0.124. The SMILES string of the molecule is Cl.Cl.NCC1(CC(=O)NCc2nccn2CCc2ccccc2)CCCCC1. The van der Waals surface area contributed by atoms with Crippen LogP contribution in [0.1, 0.15) is 49.9 Å². The fourth-order valence-electron chi connectivity index (χ4n) is 3.94. The smallest absolute Gasteiger partial charge is 0.220 e. The standard InChI is InChI=1S/C21H30N4O.2ClH/c22-17-21(10-5-2-6-11-21)15-20(26)24-16-19-23-12-14-25(19)13-9-18-7-3-1-4-8-18;;/h1,3-4,7-8,12,14H,2,5-6,9-11,13,15-17,22H2,(H,24,26);2*1H. The first-order valence-electron chi connectivity index (χ1n) is 9.71. The van der Waals surface area contributed by atoms with E-state index >= 15 is 0 Å². The highest BCUT2D eigenvalue weighted by Gasteiger charge is 2.32. The number of rotatable bonds is 8.